The molecule has 0 fully saturated rings. The van der Waals surface area contributed by atoms with E-state index in [1.54, 1.807) is 49.4 Å². The van der Waals surface area contributed by atoms with Gasteiger partial charge in [-0.3, -0.25) is 9.59 Å². The average molecular weight is 277 g/mol. The van der Waals surface area contributed by atoms with Gasteiger partial charge < -0.3 is 4.74 Å². The zero-order valence-electron chi connectivity index (χ0n) is 11.3. The lowest BCUT2D eigenvalue weighted by molar-refractivity contribution is 0.0925. The highest BCUT2D eigenvalue weighted by atomic mass is 16.5. The van der Waals surface area contributed by atoms with Crippen molar-refractivity contribution in [3.8, 4) is 17.8 Å². The van der Waals surface area contributed by atoms with Gasteiger partial charge in [-0.15, -0.1) is 0 Å². The third kappa shape index (κ3) is 2.05. The normalized spacial score (nSPS) is 12.7. The summed E-state index contributed by atoms with van der Waals surface area (Å²) in [6, 6.07) is 13.7. The van der Waals surface area contributed by atoms with Gasteiger partial charge in [-0.05, 0) is 24.3 Å². The Balaban J connectivity index is 2.10. The summed E-state index contributed by atoms with van der Waals surface area (Å²) in [5.41, 5.74) is 1.13. The second-order valence-corrected chi connectivity index (χ2v) is 4.41. The first kappa shape index (κ1) is 12.9. The number of carbonyl (C=O) groups excluding carboxylic acids is 2. The van der Waals surface area contributed by atoms with Gasteiger partial charge in [0.05, 0.1) is 16.8 Å². The van der Waals surface area contributed by atoms with Crippen LogP contribution in [0.2, 0.25) is 0 Å². The van der Waals surface area contributed by atoms with E-state index in [9.17, 15) is 9.59 Å². The van der Waals surface area contributed by atoms with E-state index in [0.29, 0.717) is 17.0 Å². The quantitative estimate of drug-likeness (QED) is 0.626. The molecule has 2 amide bonds. The van der Waals surface area contributed by atoms with E-state index < -0.39 is 5.91 Å². The molecule has 0 atom stereocenters. The summed E-state index contributed by atoms with van der Waals surface area (Å²) < 4.78 is 5.24. The Bertz CT molecular complexity index is 785. The van der Waals surface area contributed by atoms with Crippen LogP contribution in [0.3, 0.4) is 0 Å². The number of amides is 2. The summed E-state index contributed by atoms with van der Waals surface area (Å²) in [6.07, 6.45) is 2.45. The van der Waals surface area contributed by atoms with E-state index >= 15 is 0 Å². The number of hydrogen-bond acceptors (Lipinski definition) is 3. The predicted molar refractivity (Wildman–Crippen MR) is 78.1 cm³/mol. The molecule has 0 bridgehead atoms. The van der Waals surface area contributed by atoms with Gasteiger partial charge in [-0.2, -0.15) is 0 Å². The van der Waals surface area contributed by atoms with E-state index in [0.717, 1.165) is 4.90 Å². The van der Waals surface area contributed by atoms with Gasteiger partial charge in [0.25, 0.3) is 11.8 Å². The second kappa shape index (κ2) is 5.14. The van der Waals surface area contributed by atoms with E-state index in [1.807, 2.05) is 6.07 Å². The molecule has 0 spiro atoms. The Morgan fingerprint density at radius 2 is 1.71 bits per heavy atom. The Hall–Kier alpha value is -3.06. The maximum absolute atomic E-state index is 12.6. The Labute approximate surface area is 122 Å². The molecule has 1 aliphatic heterocycles. The van der Waals surface area contributed by atoms with Crippen LogP contribution in [0, 0.1) is 12.0 Å². The second-order valence-electron chi connectivity index (χ2n) is 4.41. The van der Waals surface area contributed by atoms with Gasteiger partial charge in [-0.1, -0.05) is 30.2 Å². The minimum absolute atomic E-state index is 0.258. The number of hydrogen-bond donors (Lipinski definition) is 0. The number of fused-ring (bicyclic) bond motifs is 1. The molecular formula is C17H11NO3. The standard InChI is InChI=1S/C17H11NO3/c1-2-11-21-14-10-6-9-13-15(14)17(20)18(16(13)19)12-7-4-3-5-8-12/h3-10H,1H3. The molecule has 4 nitrogen and oxygen atoms in total. The number of rotatable bonds is 2. The molecular weight excluding hydrogens is 266 g/mol. The lowest BCUT2D eigenvalue weighted by atomic mass is 10.1. The SMILES string of the molecule is CC#COc1cccc2c1C(=O)N(c1ccccc1)C2=O. The maximum atomic E-state index is 12.6. The van der Waals surface area contributed by atoms with Gasteiger partial charge in [-0.25, -0.2) is 4.90 Å². The number of para-hydroxylation sites is 1. The first-order valence-corrected chi connectivity index (χ1v) is 6.39. The Morgan fingerprint density at radius 1 is 0.952 bits per heavy atom. The first-order valence-electron chi connectivity index (χ1n) is 6.39. The number of ether oxygens (including phenoxy) is 1. The highest BCUT2D eigenvalue weighted by Crippen LogP contribution is 2.33. The number of nitrogens with zero attached hydrogens (tertiary/aromatic N) is 1. The molecule has 4 heteroatoms. The van der Waals surface area contributed by atoms with Crippen LogP contribution < -0.4 is 9.64 Å². The minimum Gasteiger partial charge on any atom is -0.407 e. The van der Waals surface area contributed by atoms with Crippen molar-refractivity contribution in [3.63, 3.8) is 0 Å². The van der Waals surface area contributed by atoms with Gasteiger partial charge in [0.1, 0.15) is 6.11 Å². The average Bonchev–Trinajstić information content (AvgIpc) is 2.78. The number of imide groups is 1. The van der Waals surface area contributed by atoms with Crippen LogP contribution in [0.4, 0.5) is 5.69 Å². The summed E-state index contributed by atoms with van der Waals surface area (Å²) in [5, 5.41) is 0. The molecule has 21 heavy (non-hydrogen) atoms. The molecule has 102 valence electrons. The molecule has 0 saturated heterocycles. The topological polar surface area (TPSA) is 46.6 Å². The highest BCUT2D eigenvalue weighted by molar-refractivity contribution is 6.35. The molecule has 2 aromatic rings. The van der Waals surface area contributed by atoms with Crippen molar-refractivity contribution in [1.29, 1.82) is 0 Å². The van der Waals surface area contributed by atoms with E-state index in [2.05, 4.69) is 12.0 Å². The summed E-state index contributed by atoms with van der Waals surface area (Å²) in [7, 11) is 0. The molecule has 0 radical (unpaired) electrons. The lowest BCUT2D eigenvalue weighted by Gasteiger charge is -2.13. The van der Waals surface area contributed by atoms with Crippen LogP contribution in [0.25, 0.3) is 0 Å². The minimum atomic E-state index is -0.394. The molecule has 0 unspecified atom stereocenters. The molecule has 1 heterocycles. The molecule has 0 N–H and O–H groups in total. The number of benzene rings is 2. The fraction of sp³-hybridized carbons (Fsp3) is 0.0588. The molecule has 0 aromatic heterocycles. The van der Waals surface area contributed by atoms with Crippen molar-refractivity contribution in [3.05, 3.63) is 59.7 Å². The molecule has 0 aliphatic carbocycles. The fourth-order valence-electron chi connectivity index (χ4n) is 2.26. The highest BCUT2D eigenvalue weighted by Gasteiger charge is 2.39. The summed E-state index contributed by atoms with van der Waals surface area (Å²) in [4.78, 5) is 26.2. The van der Waals surface area contributed by atoms with Crippen LogP contribution in [-0.4, -0.2) is 11.8 Å². The molecule has 3 rings (SSSR count). The van der Waals surface area contributed by atoms with Crippen LogP contribution in [0.5, 0.6) is 5.75 Å². The van der Waals surface area contributed by atoms with Gasteiger partial charge >= 0.3 is 0 Å². The van der Waals surface area contributed by atoms with Crippen molar-refractivity contribution < 1.29 is 14.3 Å². The Kier molecular flexibility index (Phi) is 3.17. The van der Waals surface area contributed by atoms with Crippen molar-refractivity contribution in [2.24, 2.45) is 0 Å². The van der Waals surface area contributed by atoms with Gasteiger partial charge in [0, 0.05) is 6.92 Å². The fourth-order valence-corrected chi connectivity index (χ4v) is 2.26. The van der Waals surface area contributed by atoms with E-state index in [4.69, 9.17) is 4.74 Å². The van der Waals surface area contributed by atoms with Crippen molar-refractivity contribution >= 4 is 17.5 Å². The summed E-state index contributed by atoms with van der Waals surface area (Å²) in [6.45, 7) is 1.63. The van der Waals surface area contributed by atoms with Crippen LogP contribution in [0.1, 0.15) is 27.6 Å². The Morgan fingerprint density at radius 3 is 2.43 bits per heavy atom. The third-order valence-corrected chi connectivity index (χ3v) is 3.15. The zero-order valence-corrected chi connectivity index (χ0v) is 11.3. The summed E-state index contributed by atoms with van der Waals surface area (Å²) >= 11 is 0. The predicted octanol–water partition coefficient (Wildman–Crippen LogP) is 2.85. The molecule has 1 aliphatic rings. The number of anilines is 1. The molecule has 0 saturated carbocycles. The van der Waals surface area contributed by atoms with E-state index in [-0.39, 0.29) is 11.5 Å². The third-order valence-electron chi connectivity index (χ3n) is 3.15. The zero-order chi connectivity index (χ0) is 14.8. The van der Waals surface area contributed by atoms with Gasteiger partial charge in [0.2, 0.25) is 0 Å². The maximum Gasteiger partial charge on any atom is 0.269 e. The van der Waals surface area contributed by atoms with Crippen molar-refractivity contribution in [2.45, 2.75) is 6.92 Å². The number of carbonyl (C=O) groups is 2. The van der Waals surface area contributed by atoms with Crippen molar-refractivity contribution in [2.75, 3.05) is 4.90 Å². The first-order chi connectivity index (χ1) is 10.2. The largest absolute Gasteiger partial charge is 0.407 e. The van der Waals surface area contributed by atoms with Crippen molar-refractivity contribution in [1.82, 2.24) is 0 Å². The monoisotopic (exact) mass is 277 g/mol. The van der Waals surface area contributed by atoms with Gasteiger partial charge in [0.15, 0.2) is 5.75 Å². The van der Waals surface area contributed by atoms with Crippen LogP contribution in [-0.2, 0) is 0 Å². The summed E-state index contributed by atoms with van der Waals surface area (Å²) in [5.74, 6) is 2.15. The van der Waals surface area contributed by atoms with Crippen LogP contribution in [0.15, 0.2) is 48.5 Å². The van der Waals surface area contributed by atoms with E-state index in [1.165, 1.54) is 0 Å². The lowest BCUT2D eigenvalue weighted by Crippen LogP contribution is -2.29. The molecule has 2 aromatic carbocycles. The van der Waals surface area contributed by atoms with Crippen LogP contribution >= 0.6 is 0 Å². The smallest absolute Gasteiger partial charge is 0.269 e.